The van der Waals surface area contributed by atoms with Gasteiger partial charge in [-0.25, -0.2) is 0 Å². The Morgan fingerprint density at radius 3 is 2.88 bits per heavy atom. The predicted molar refractivity (Wildman–Crippen MR) is 66.0 cm³/mol. The van der Waals surface area contributed by atoms with Crippen molar-refractivity contribution in [1.29, 1.82) is 0 Å². The normalized spacial score (nSPS) is 19.9. The highest BCUT2D eigenvalue weighted by molar-refractivity contribution is 8.00. The molecule has 1 amide bonds. The first-order valence-corrected chi connectivity index (χ1v) is 6.34. The highest BCUT2D eigenvalue weighted by atomic mass is 32.2. The summed E-state index contributed by atoms with van der Waals surface area (Å²) >= 11 is 1.81. The number of para-hydroxylation sites is 1. The predicted octanol–water partition coefficient (Wildman–Crippen LogP) is 2.23. The number of hydrogen-bond donors (Lipinski definition) is 0. The van der Waals surface area contributed by atoms with Crippen molar-refractivity contribution in [2.24, 2.45) is 0 Å². The van der Waals surface area contributed by atoms with Gasteiger partial charge < -0.3 is 9.64 Å². The van der Waals surface area contributed by atoms with Crippen molar-refractivity contribution in [2.45, 2.75) is 12.3 Å². The number of thioether (sulfide) groups is 1. The zero-order chi connectivity index (χ0) is 11.5. The van der Waals surface area contributed by atoms with Gasteiger partial charge in [-0.2, -0.15) is 0 Å². The number of hydrogen-bond acceptors (Lipinski definition) is 3. The molecule has 1 fully saturated rings. The fourth-order valence-electron chi connectivity index (χ4n) is 1.84. The molecule has 0 spiro atoms. The minimum atomic E-state index is 0.0648. The van der Waals surface area contributed by atoms with Crippen LogP contribution < -0.4 is 4.74 Å². The van der Waals surface area contributed by atoms with E-state index in [1.807, 2.05) is 29.2 Å². The van der Waals surface area contributed by atoms with Crippen LogP contribution in [0.1, 0.15) is 17.3 Å². The quantitative estimate of drug-likeness (QED) is 0.790. The Labute approximate surface area is 99.8 Å². The van der Waals surface area contributed by atoms with Crippen molar-refractivity contribution >= 4 is 17.7 Å². The molecule has 4 heteroatoms. The fraction of sp³-hybridized carbons (Fsp3) is 0.417. The molecule has 1 aromatic rings. The molecule has 0 saturated carbocycles. The van der Waals surface area contributed by atoms with Crippen molar-refractivity contribution in [3.05, 3.63) is 29.8 Å². The minimum absolute atomic E-state index is 0.0648. The Kier molecular flexibility index (Phi) is 3.39. The second-order valence-electron chi connectivity index (χ2n) is 3.67. The molecule has 1 heterocycles. The Morgan fingerprint density at radius 2 is 2.25 bits per heavy atom. The number of carbonyl (C=O) groups is 1. The monoisotopic (exact) mass is 237 g/mol. The lowest BCUT2D eigenvalue weighted by molar-refractivity contribution is 0.0765. The molecule has 0 N–H and O–H groups in total. The summed E-state index contributed by atoms with van der Waals surface area (Å²) in [4.78, 5) is 14.2. The highest BCUT2D eigenvalue weighted by Crippen LogP contribution is 2.27. The van der Waals surface area contributed by atoms with Crippen molar-refractivity contribution in [1.82, 2.24) is 4.90 Å². The molecule has 1 aliphatic rings. The molecule has 1 aliphatic heterocycles. The van der Waals surface area contributed by atoms with Crippen LogP contribution in [-0.4, -0.2) is 35.6 Å². The van der Waals surface area contributed by atoms with Gasteiger partial charge in [0.05, 0.1) is 18.0 Å². The Bertz CT molecular complexity index is 394. The third-order valence-electron chi connectivity index (χ3n) is 2.73. The number of rotatable bonds is 2. The van der Waals surface area contributed by atoms with Crippen molar-refractivity contribution in [2.75, 3.05) is 19.4 Å². The van der Waals surface area contributed by atoms with Gasteiger partial charge in [0.2, 0.25) is 0 Å². The van der Waals surface area contributed by atoms with Crippen molar-refractivity contribution in [3.63, 3.8) is 0 Å². The van der Waals surface area contributed by atoms with Gasteiger partial charge in [-0.3, -0.25) is 4.79 Å². The summed E-state index contributed by atoms with van der Waals surface area (Å²) in [5, 5.41) is 0.261. The van der Waals surface area contributed by atoms with Gasteiger partial charge in [-0.05, 0) is 19.1 Å². The molecule has 2 rings (SSSR count). The van der Waals surface area contributed by atoms with Gasteiger partial charge in [0.1, 0.15) is 5.75 Å². The summed E-state index contributed by atoms with van der Waals surface area (Å²) in [5.41, 5.74) is 0.652. The van der Waals surface area contributed by atoms with E-state index in [-0.39, 0.29) is 11.3 Å². The van der Waals surface area contributed by atoms with Gasteiger partial charge in [-0.1, -0.05) is 12.1 Å². The third-order valence-corrected chi connectivity index (χ3v) is 3.88. The van der Waals surface area contributed by atoms with Crippen LogP contribution >= 0.6 is 11.8 Å². The number of benzene rings is 1. The molecule has 0 aromatic heterocycles. The van der Waals surface area contributed by atoms with Crippen molar-refractivity contribution < 1.29 is 9.53 Å². The first-order chi connectivity index (χ1) is 7.74. The van der Waals surface area contributed by atoms with E-state index in [1.165, 1.54) is 0 Å². The van der Waals surface area contributed by atoms with E-state index in [0.29, 0.717) is 11.3 Å². The number of nitrogens with zero attached hydrogens (tertiary/aromatic N) is 1. The summed E-state index contributed by atoms with van der Waals surface area (Å²) in [7, 11) is 1.59. The fourth-order valence-corrected chi connectivity index (χ4v) is 2.86. The van der Waals surface area contributed by atoms with E-state index in [0.717, 1.165) is 12.3 Å². The third kappa shape index (κ3) is 2.02. The van der Waals surface area contributed by atoms with Crippen molar-refractivity contribution in [3.8, 4) is 5.75 Å². The maximum absolute atomic E-state index is 12.3. The van der Waals surface area contributed by atoms with E-state index >= 15 is 0 Å². The minimum Gasteiger partial charge on any atom is -0.496 e. The SMILES string of the molecule is COc1ccccc1C(=O)N1CCSC1C. The van der Waals surface area contributed by atoms with E-state index < -0.39 is 0 Å². The molecule has 86 valence electrons. The molecule has 0 bridgehead atoms. The Balaban J connectivity index is 2.26. The van der Waals surface area contributed by atoms with Crippen LogP contribution in [0.2, 0.25) is 0 Å². The van der Waals surface area contributed by atoms with Crippen LogP contribution in [-0.2, 0) is 0 Å². The molecular weight excluding hydrogens is 222 g/mol. The second kappa shape index (κ2) is 4.78. The lowest BCUT2D eigenvalue weighted by Gasteiger charge is -2.21. The van der Waals surface area contributed by atoms with Crippen LogP contribution in [0.3, 0.4) is 0 Å². The average molecular weight is 237 g/mol. The maximum Gasteiger partial charge on any atom is 0.258 e. The topological polar surface area (TPSA) is 29.5 Å². The van der Waals surface area contributed by atoms with Crippen LogP contribution in [0.15, 0.2) is 24.3 Å². The lowest BCUT2D eigenvalue weighted by Crippen LogP contribution is -2.33. The summed E-state index contributed by atoms with van der Waals surface area (Å²) in [6.45, 7) is 2.88. The first-order valence-electron chi connectivity index (χ1n) is 5.29. The number of ether oxygens (including phenoxy) is 1. The van der Waals surface area contributed by atoms with Crippen LogP contribution in [0, 0.1) is 0 Å². The first kappa shape index (κ1) is 11.3. The lowest BCUT2D eigenvalue weighted by atomic mass is 10.1. The average Bonchev–Trinajstić information content (AvgIpc) is 2.74. The smallest absolute Gasteiger partial charge is 0.258 e. The molecule has 3 nitrogen and oxygen atoms in total. The largest absolute Gasteiger partial charge is 0.496 e. The van der Waals surface area contributed by atoms with E-state index in [2.05, 4.69) is 6.92 Å². The number of amides is 1. The summed E-state index contributed by atoms with van der Waals surface area (Å²) in [5.74, 6) is 1.73. The highest BCUT2D eigenvalue weighted by Gasteiger charge is 2.27. The van der Waals surface area contributed by atoms with Gasteiger partial charge >= 0.3 is 0 Å². The molecular formula is C12H15NO2S. The van der Waals surface area contributed by atoms with Gasteiger partial charge in [-0.15, -0.1) is 11.8 Å². The summed E-state index contributed by atoms with van der Waals surface area (Å²) in [6.07, 6.45) is 0. The molecule has 1 unspecified atom stereocenters. The van der Waals surface area contributed by atoms with Gasteiger partial charge in [0.15, 0.2) is 0 Å². The molecule has 1 atom stereocenters. The molecule has 0 aliphatic carbocycles. The molecule has 16 heavy (non-hydrogen) atoms. The summed E-state index contributed by atoms with van der Waals surface area (Å²) in [6, 6.07) is 7.37. The van der Waals surface area contributed by atoms with Crippen LogP contribution in [0.4, 0.5) is 0 Å². The molecule has 1 aromatic carbocycles. The van der Waals surface area contributed by atoms with E-state index in [4.69, 9.17) is 4.74 Å². The Morgan fingerprint density at radius 1 is 1.50 bits per heavy atom. The summed E-state index contributed by atoms with van der Waals surface area (Å²) < 4.78 is 5.21. The van der Waals surface area contributed by atoms with Crippen LogP contribution in [0.25, 0.3) is 0 Å². The van der Waals surface area contributed by atoms with E-state index in [1.54, 1.807) is 18.9 Å². The van der Waals surface area contributed by atoms with Crippen LogP contribution in [0.5, 0.6) is 5.75 Å². The zero-order valence-electron chi connectivity index (χ0n) is 9.47. The van der Waals surface area contributed by atoms with Gasteiger partial charge in [0, 0.05) is 12.3 Å². The Hall–Kier alpha value is -1.16. The number of carbonyl (C=O) groups excluding carboxylic acids is 1. The number of methoxy groups -OCH3 is 1. The van der Waals surface area contributed by atoms with Gasteiger partial charge in [0.25, 0.3) is 5.91 Å². The second-order valence-corrected chi connectivity index (χ2v) is 5.09. The standard InChI is InChI=1S/C12H15NO2S/c1-9-13(7-8-16-9)12(14)10-5-3-4-6-11(10)15-2/h3-6,9H,7-8H2,1-2H3. The zero-order valence-corrected chi connectivity index (χ0v) is 10.3. The maximum atomic E-state index is 12.3. The molecule has 0 radical (unpaired) electrons. The molecule has 1 saturated heterocycles. The van der Waals surface area contributed by atoms with E-state index in [9.17, 15) is 4.79 Å².